The van der Waals surface area contributed by atoms with Crippen molar-refractivity contribution >= 4 is 5.78 Å². The molecule has 0 heterocycles. The number of rotatable bonds is 7. The number of hydrogen-bond donors (Lipinski definition) is 1. The Hall–Kier alpha value is -2.43. The molecule has 214 valence electrons. The van der Waals surface area contributed by atoms with Crippen molar-refractivity contribution in [3.63, 3.8) is 0 Å². The highest BCUT2D eigenvalue weighted by molar-refractivity contribution is 5.79. The van der Waals surface area contributed by atoms with Crippen LogP contribution in [0.3, 0.4) is 0 Å². The van der Waals surface area contributed by atoms with E-state index in [9.17, 15) is 9.90 Å². The first-order valence-corrected chi connectivity index (χ1v) is 15.4. The third kappa shape index (κ3) is 4.75. The summed E-state index contributed by atoms with van der Waals surface area (Å²) in [6.45, 7) is 7.11. The highest BCUT2D eigenvalue weighted by Gasteiger charge is 2.62. The maximum Gasteiger partial charge on any atom is 0.169 e. The number of ketones is 1. The molecular formula is C36H46O4. The van der Waals surface area contributed by atoms with Gasteiger partial charge in [-0.1, -0.05) is 68.0 Å². The molecule has 0 aliphatic heterocycles. The van der Waals surface area contributed by atoms with Crippen LogP contribution < -0.4 is 4.74 Å². The number of Topliss-reactive ketones (excluding diaryl/α,β-unsaturated/α-hetero) is 1. The summed E-state index contributed by atoms with van der Waals surface area (Å²) in [5.41, 5.74) is 3.99. The van der Waals surface area contributed by atoms with Gasteiger partial charge in [0.1, 0.15) is 11.5 Å². The Morgan fingerprint density at radius 3 is 2.38 bits per heavy atom. The Labute approximate surface area is 240 Å². The van der Waals surface area contributed by atoms with Crippen molar-refractivity contribution in [1.29, 1.82) is 0 Å². The molecule has 1 N–H and O–H groups in total. The van der Waals surface area contributed by atoms with E-state index >= 15 is 0 Å². The monoisotopic (exact) mass is 542 g/mol. The standard InChI is InChI=1S/C36H46O4/c1-24(37)30-14-15-31-33-27(20-25-8-6-5-7-9-25)21-28-22-36(38,40-23-26-10-12-29(39-4)13-11-26)19-18-34(28,2)32(33)16-17-35(30,31)3/h5-13,21,27,30-33,38H,14-20,22-23H2,1-4H3/t27?,30-,31?,32?,33?,34+,35-,36+/m1/s1. The summed E-state index contributed by atoms with van der Waals surface area (Å²) < 4.78 is 11.6. The zero-order valence-electron chi connectivity index (χ0n) is 24.7. The fraction of sp³-hybridized carbons (Fsp3) is 0.583. The first kappa shape index (κ1) is 27.7. The van der Waals surface area contributed by atoms with Crippen LogP contribution in [0.2, 0.25) is 0 Å². The highest BCUT2D eigenvalue weighted by Crippen LogP contribution is 2.68. The minimum Gasteiger partial charge on any atom is -0.497 e. The number of aliphatic hydroxyl groups is 1. The molecule has 40 heavy (non-hydrogen) atoms. The van der Waals surface area contributed by atoms with Crippen LogP contribution in [0, 0.1) is 40.4 Å². The second-order valence-electron chi connectivity index (χ2n) is 13.8. The molecule has 0 saturated heterocycles. The molecule has 6 rings (SSSR count). The van der Waals surface area contributed by atoms with Crippen LogP contribution in [0.1, 0.15) is 76.8 Å². The van der Waals surface area contributed by atoms with Gasteiger partial charge in [0, 0.05) is 18.8 Å². The molecule has 4 aliphatic rings. The molecule has 0 amide bonds. The van der Waals surface area contributed by atoms with E-state index in [0.717, 1.165) is 37.0 Å². The van der Waals surface area contributed by atoms with Crippen LogP contribution in [-0.4, -0.2) is 23.8 Å². The van der Waals surface area contributed by atoms with Gasteiger partial charge in [0.05, 0.1) is 13.7 Å². The van der Waals surface area contributed by atoms with Crippen LogP contribution in [0.25, 0.3) is 0 Å². The van der Waals surface area contributed by atoms with Crippen molar-refractivity contribution < 1.29 is 19.4 Å². The molecule has 3 fully saturated rings. The number of carbonyl (C=O) groups is 1. The molecule has 2 aromatic rings. The molecule has 8 atom stereocenters. The molecule has 4 aliphatic carbocycles. The number of allylic oxidation sites excluding steroid dienone is 1. The van der Waals surface area contributed by atoms with Crippen LogP contribution in [0.5, 0.6) is 5.75 Å². The van der Waals surface area contributed by atoms with E-state index in [1.165, 1.54) is 24.0 Å². The summed E-state index contributed by atoms with van der Waals surface area (Å²) >= 11 is 0. The van der Waals surface area contributed by atoms with Crippen molar-refractivity contribution in [2.45, 2.75) is 84.5 Å². The molecule has 4 nitrogen and oxygen atoms in total. The maximum atomic E-state index is 12.7. The van der Waals surface area contributed by atoms with E-state index in [-0.39, 0.29) is 16.7 Å². The van der Waals surface area contributed by atoms with Gasteiger partial charge in [-0.05, 0) is 103 Å². The van der Waals surface area contributed by atoms with Crippen LogP contribution in [0.15, 0.2) is 66.2 Å². The van der Waals surface area contributed by atoms with Crippen LogP contribution in [-0.2, 0) is 22.6 Å². The van der Waals surface area contributed by atoms with Gasteiger partial charge >= 0.3 is 0 Å². The SMILES string of the molecule is COc1ccc(CO[C@@]2(O)CC[C@@]3(C)C(=CC(Cc4ccccc4)C4C3CC[C@@]3(C)C4CC[C@@H]3C(C)=O)C2)cc1. The van der Waals surface area contributed by atoms with Gasteiger partial charge in [0.15, 0.2) is 5.79 Å². The summed E-state index contributed by atoms with van der Waals surface area (Å²) in [4.78, 5) is 12.7. The van der Waals surface area contributed by atoms with Crippen LogP contribution in [0.4, 0.5) is 0 Å². The van der Waals surface area contributed by atoms with E-state index in [1.54, 1.807) is 7.11 Å². The Kier molecular flexibility index (Phi) is 7.24. The molecule has 0 spiro atoms. The van der Waals surface area contributed by atoms with Gasteiger partial charge in [-0.3, -0.25) is 4.79 Å². The summed E-state index contributed by atoms with van der Waals surface area (Å²) in [5.74, 6) is 2.41. The molecule has 2 aromatic carbocycles. The summed E-state index contributed by atoms with van der Waals surface area (Å²) in [6, 6.07) is 18.8. The van der Waals surface area contributed by atoms with E-state index in [0.29, 0.717) is 48.9 Å². The third-order valence-corrected chi connectivity index (χ3v) is 11.8. The van der Waals surface area contributed by atoms with Gasteiger partial charge < -0.3 is 14.6 Å². The fourth-order valence-corrected chi connectivity index (χ4v) is 9.59. The predicted molar refractivity (Wildman–Crippen MR) is 158 cm³/mol. The minimum absolute atomic E-state index is 0.0726. The van der Waals surface area contributed by atoms with Crippen molar-refractivity contribution in [3.8, 4) is 5.75 Å². The molecule has 4 unspecified atom stereocenters. The van der Waals surface area contributed by atoms with Gasteiger partial charge in [0.25, 0.3) is 0 Å². The highest BCUT2D eigenvalue weighted by atomic mass is 16.6. The largest absolute Gasteiger partial charge is 0.497 e. The van der Waals surface area contributed by atoms with Crippen molar-refractivity contribution in [2.75, 3.05) is 7.11 Å². The molecule has 0 aromatic heterocycles. The number of benzene rings is 2. The zero-order chi connectivity index (χ0) is 28.1. The first-order valence-electron chi connectivity index (χ1n) is 15.4. The second-order valence-corrected chi connectivity index (χ2v) is 13.8. The fourth-order valence-electron chi connectivity index (χ4n) is 9.59. The van der Waals surface area contributed by atoms with Crippen molar-refractivity contribution in [3.05, 3.63) is 77.4 Å². The van der Waals surface area contributed by atoms with E-state index < -0.39 is 5.79 Å². The molecule has 4 heteroatoms. The number of ether oxygens (including phenoxy) is 2. The number of carbonyl (C=O) groups excluding carboxylic acids is 1. The number of hydrogen-bond acceptors (Lipinski definition) is 4. The number of methoxy groups -OCH3 is 1. The van der Waals surface area contributed by atoms with Gasteiger partial charge in [0.2, 0.25) is 0 Å². The van der Waals surface area contributed by atoms with Crippen molar-refractivity contribution in [1.82, 2.24) is 0 Å². The molecule has 0 radical (unpaired) electrons. The summed E-state index contributed by atoms with van der Waals surface area (Å²) in [7, 11) is 1.67. The lowest BCUT2D eigenvalue weighted by molar-refractivity contribution is -0.232. The van der Waals surface area contributed by atoms with Crippen LogP contribution >= 0.6 is 0 Å². The molecule has 0 bridgehead atoms. The quantitative estimate of drug-likeness (QED) is 0.290. The Morgan fingerprint density at radius 2 is 1.68 bits per heavy atom. The van der Waals surface area contributed by atoms with Gasteiger partial charge in [-0.2, -0.15) is 0 Å². The predicted octanol–water partition coefficient (Wildman–Crippen LogP) is 7.54. The minimum atomic E-state index is -1.15. The average Bonchev–Trinajstić information content (AvgIpc) is 3.31. The summed E-state index contributed by atoms with van der Waals surface area (Å²) in [5, 5.41) is 11.7. The van der Waals surface area contributed by atoms with Gasteiger partial charge in [-0.25, -0.2) is 0 Å². The normalized spacial score (nSPS) is 38.5. The van der Waals surface area contributed by atoms with E-state index in [1.807, 2.05) is 31.2 Å². The smallest absolute Gasteiger partial charge is 0.169 e. The lowest BCUT2D eigenvalue weighted by atomic mass is 9.44. The Balaban J connectivity index is 1.30. The Morgan fingerprint density at radius 1 is 0.925 bits per heavy atom. The summed E-state index contributed by atoms with van der Waals surface area (Å²) in [6.07, 6.45) is 10.3. The first-order chi connectivity index (χ1) is 19.1. The topological polar surface area (TPSA) is 55.8 Å². The lowest BCUT2D eigenvalue weighted by Gasteiger charge is -2.60. The third-order valence-electron chi connectivity index (χ3n) is 11.8. The number of fused-ring (bicyclic) bond motifs is 5. The maximum absolute atomic E-state index is 12.7. The molecular weight excluding hydrogens is 496 g/mol. The zero-order valence-corrected chi connectivity index (χ0v) is 24.7. The lowest BCUT2D eigenvalue weighted by Crippen LogP contribution is -2.55. The van der Waals surface area contributed by atoms with E-state index in [4.69, 9.17) is 9.47 Å². The van der Waals surface area contributed by atoms with Crippen molar-refractivity contribution in [2.24, 2.45) is 40.4 Å². The average molecular weight is 543 g/mol. The van der Waals surface area contributed by atoms with Gasteiger partial charge in [-0.15, -0.1) is 0 Å². The Bertz CT molecular complexity index is 1250. The molecule has 3 saturated carbocycles. The second kappa shape index (κ2) is 10.4. The van der Waals surface area contributed by atoms with E-state index in [2.05, 4.69) is 50.3 Å².